The van der Waals surface area contributed by atoms with Crippen LogP contribution in [0.2, 0.25) is 0 Å². The summed E-state index contributed by atoms with van der Waals surface area (Å²) in [7, 11) is 3.60. The lowest BCUT2D eigenvalue weighted by atomic mass is 10.3. The van der Waals surface area contributed by atoms with Crippen LogP contribution in [-0.2, 0) is 13.6 Å². The number of thiazole rings is 1. The molecule has 0 aliphatic carbocycles. The predicted octanol–water partition coefficient (Wildman–Crippen LogP) is 2.33. The monoisotopic (exact) mass is 317 g/mol. The van der Waals surface area contributed by atoms with E-state index in [2.05, 4.69) is 27.6 Å². The molecule has 3 heterocycles. The molecule has 6 nitrogen and oxygen atoms in total. The molecule has 3 aromatic heterocycles. The summed E-state index contributed by atoms with van der Waals surface area (Å²) in [6.45, 7) is 6.45. The Bertz CT molecular complexity index is 857. The zero-order chi connectivity index (χ0) is 16.0. The Labute approximate surface area is 133 Å². The van der Waals surface area contributed by atoms with Gasteiger partial charge in [0.2, 0.25) is 0 Å². The predicted molar refractivity (Wildman–Crippen MR) is 86.3 cm³/mol. The van der Waals surface area contributed by atoms with Crippen LogP contribution in [0.25, 0.3) is 4.96 Å². The van der Waals surface area contributed by atoms with Gasteiger partial charge in [-0.3, -0.25) is 13.9 Å². The molecule has 0 bridgehead atoms. The molecule has 116 valence electrons. The number of nitrogens with zero attached hydrogens (tertiary/aromatic N) is 5. The number of imidazole rings is 1. The zero-order valence-electron chi connectivity index (χ0n) is 13.4. The van der Waals surface area contributed by atoms with Crippen LogP contribution in [-0.4, -0.2) is 37.0 Å². The molecule has 0 aliphatic rings. The summed E-state index contributed by atoms with van der Waals surface area (Å²) in [6, 6.07) is 1.81. The van der Waals surface area contributed by atoms with Gasteiger partial charge in [-0.15, -0.1) is 11.3 Å². The standard InChI is InChI=1S/C15H19N5OS/c1-9-6-12(19(5)17-9)14(21)18(4)8-13-11(3)16-15-20(13)7-10(2)22-15/h6-7H,8H2,1-5H3. The second-order valence-electron chi connectivity index (χ2n) is 5.59. The Morgan fingerprint density at radius 2 is 2.09 bits per heavy atom. The molecule has 0 aromatic carbocycles. The fourth-order valence-electron chi connectivity index (χ4n) is 2.60. The first-order chi connectivity index (χ1) is 10.4. The van der Waals surface area contributed by atoms with Crippen LogP contribution in [0.1, 0.15) is 32.4 Å². The highest BCUT2D eigenvalue weighted by molar-refractivity contribution is 7.17. The molecular formula is C15H19N5OS. The van der Waals surface area contributed by atoms with E-state index in [-0.39, 0.29) is 5.91 Å². The van der Waals surface area contributed by atoms with Crippen molar-refractivity contribution in [2.75, 3.05) is 7.05 Å². The molecule has 0 aliphatic heterocycles. The number of aryl methyl sites for hydroxylation is 4. The van der Waals surface area contributed by atoms with Crippen molar-refractivity contribution in [2.24, 2.45) is 7.05 Å². The second kappa shape index (κ2) is 5.24. The number of hydrogen-bond acceptors (Lipinski definition) is 4. The maximum absolute atomic E-state index is 12.6. The van der Waals surface area contributed by atoms with Crippen LogP contribution in [0.4, 0.5) is 0 Å². The van der Waals surface area contributed by atoms with E-state index in [4.69, 9.17) is 0 Å². The number of amides is 1. The smallest absolute Gasteiger partial charge is 0.272 e. The van der Waals surface area contributed by atoms with Crippen LogP contribution in [0, 0.1) is 20.8 Å². The quantitative estimate of drug-likeness (QED) is 0.745. The largest absolute Gasteiger partial charge is 0.334 e. The Morgan fingerprint density at radius 1 is 1.36 bits per heavy atom. The summed E-state index contributed by atoms with van der Waals surface area (Å²) in [4.78, 5) is 21.1. The van der Waals surface area contributed by atoms with E-state index in [9.17, 15) is 4.79 Å². The van der Waals surface area contributed by atoms with Crippen LogP contribution in [0.5, 0.6) is 0 Å². The van der Waals surface area contributed by atoms with E-state index in [1.165, 1.54) is 4.88 Å². The fourth-order valence-corrected chi connectivity index (χ4v) is 3.49. The average molecular weight is 317 g/mol. The SMILES string of the molecule is Cc1cc(C(=O)N(C)Cc2c(C)nc3sc(C)cn23)n(C)n1. The third kappa shape index (κ3) is 2.41. The molecule has 0 saturated heterocycles. The Morgan fingerprint density at radius 3 is 2.73 bits per heavy atom. The van der Waals surface area contributed by atoms with Crippen LogP contribution < -0.4 is 0 Å². The molecule has 3 rings (SSSR count). The zero-order valence-corrected chi connectivity index (χ0v) is 14.2. The Hall–Kier alpha value is -2.15. The van der Waals surface area contributed by atoms with Crippen molar-refractivity contribution in [3.05, 3.63) is 39.9 Å². The molecule has 0 saturated carbocycles. The Balaban J connectivity index is 1.89. The maximum Gasteiger partial charge on any atom is 0.272 e. The lowest BCUT2D eigenvalue weighted by Gasteiger charge is -2.17. The van der Waals surface area contributed by atoms with Crippen LogP contribution in [0.3, 0.4) is 0 Å². The molecular weight excluding hydrogens is 298 g/mol. The van der Waals surface area contributed by atoms with Crippen molar-refractivity contribution in [3.8, 4) is 0 Å². The van der Waals surface area contributed by atoms with Crippen molar-refractivity contribution < 1.29 is 4.79 Å². The summed E-state index contributed by atoms with van der Waals surface area (Å²) >= 11 is 1.66. The van der Waals surface area contributed by atoms with Crippen molar-refractivity contribution >= 4 is 22.2 Å². The summed E-state index contributed by atoms with van der Waals surface area (Å²) in [5.41, 5.74) is 3.46. The first kappa shape index (κ1) is 14.8. The van der Waals surface area contributed by atoms with Gasteiger partial charge in [-0.25, -0.2) is 4.98 Å². The third-order valence-electron chi connectivity index (χ3n) is 3.70. The molecule has 0 radical (unpaired) electrons. The summed E-state index contributed by atoms with van der Waals surface area (Å²) in [5.74, 6) is -0.0376. The van der Waals surface area contributed by atoms with Crippen molar-refractivity contribution in [2.45, 2.75) is 27.3 Å². The minimum Gasteiger partial charge on any atom is -0.334 e. The minimum atomic E-state index is -0.0376. The van der Waals surface area contributed by atoms with E-state index in [0.717, 1.165) is 22.0 Å². The normalized spacial score (nSPS) is 11.3. The van der Waals surface area contributed by atoms with Gasteiger partial charge in [0.15, 0.2) is 4.96 Å². The van der Waals surface area contributed by atoms with Gasteiger partial charge in [-0.05, 0) is 26.8 Å². The molecule has 7 heteroatoms. The molecule has 0 unspecified atom stereocenters. The van der Waals surface area contributed by atoms with Crippen molar-refractivity contribution in [3.63, 3.8) is 0 Å². The van der Waals surface area contributed by atoms with E-state index in [0.29, 0.717) is 12.2 Å². The summed E-state index contributed by atoms with van der Waals surface area (Å²) < 4.78 is 3.70. The van der Waals surface area contributed by atoms with Gasteiger partial charge in [0, 0.05) is 25.2 Å². The number of fused-ring (bicyclic) bond motifs is 1. The second-order valence-corrected chi connectivity index (χ2v) is 6.81. The van der Waals surface area contributed by atoms with Gasteiger partial charge in [0.1, 0.15) is 5.69 Å². The fraction of sp³-hybridized carbons (Fsp3) is 0.400. The molecule has 0 N–H and O–H groups in total. The molecule has 3 aromatic rings. The number of hydrogen-bond donors (Lipinski definition) is 0. The van der Waals surface area contributed by atoms with Gasteiger partial charge in [-0.2, -0.15) is 5.10 Å². The Kier molecular flexibility index (Phi) is 3.52. The van der Waals surface area contributed by atoms with Crippen molar-refractivity contribution in [1.29, 1.82) is 0 Å². The maximum atomic E-state index is 12.6. The number of rotatable bonds is 3. The molecule has 0 spiro atoms. The van der Waals surface area contributed by atoms with E-state index >= 15 is 0 Å². The first-order valence-electron chi connectivity index (χ1n) is 7.07. The lowest BCUT2D eigenvalue weighted by molar-refractivity contribution is 0.0772. The molecule has 22 heavy (non-hydrogen) atoms. The lowest BCUT2D eigenvalue weighted by Crippen LogP contribution is -2.28. The molecule has 0 fully saturated rings. The van der Waals surface area contributed by atoms with Gasteiger partial charge in [-0.1, -0.05) is 0 Å². The minimum absolute atomic E-state index is 0.0376. The van der Waals surface area contributed by atoms with E-state index < -0.39 is 0 Å². The highest BCUT2D eigenvalue weighted by atomic mass is 32.1. The number of carbonyl (C=O) groups excluding carboxylic acids is 1. The van der Waals surface area contributed by atoms with Crippen molar-refractivity contribution in [1.82, 2.24) is 24.1 Å². The van der Waals surface area contributed by atoms with Crippen LogP contribution in [0.15, 0.2) is 12.3 Å². The van der Waals surface area contributed by atoms with E-state index in [1.807, 2.05) is 27.0 Å². The van der Waals surface area contributed by atoms with Gasteiger partial charge in [0.05, 0.1) is 23.6 Å². The average Bonchev–Trinajstić information content (AvgIpc) is 3.04. The molecule has 1 amide bonds. The summed E-state index contributed by atoms with van der Waals surface area (Å²) in [5, 5.41) is 4.24. The number of aromatic nitrogens is 4. The highest BCUT2D eigenvalue weighted by Gasteiger charge is 2.20. The summed E-state index contributed by atoms with van der Waals surface area (Å²) in [6.07, 6.45) is 2.07. The van der Waals surface area contributed by atoms with Gasteiger partial charge >= 0.3 is 0 Å². The van der Waals surface area contributed by atoms with Gasteiger partial charge in [0.25, 0.3) is 5.91 Å². The molecule has 0 atom stereocenters. The highest BCUT2D eigenvalue weighted by Crippen LogP contribution is 2.22. The van der Waals surface area contributed by atoms with Gasteiger partial charge < -0.3 is 4.90 Å². The van der Waals surface area contributed by atoms with Crippen LogP contribution >= 0.6 is 11.3 Å². The topological polar surface area (TPSA) is 55.4 Å². The van der Waals surface area contributed by atoms with E-state index in [1.54, 1.807) is 28.0 Å². The third-order valence-corrected chi connectivity index (χ3v) is 4.59. The first-order valence-corrected chi connectivity index (χ1v) is 7.88. The number of carbonyl (C=O) groups is 1.